The first-order valence-corrected chi connectivity index (χ1v) is 12.6. The van der Waals surface area contributed by atoms with Crippen LogP contribution in [0.5, 0.6) is 0 Å². The summed E-state index contributed by atoms with van der Waals surface area (Å²) >= 11 is 0. The summed E-state index contributed by atoms with van der Waals surface area (Å²) < 4.78 is 42.2. The molecule has 2 aromatic carbocycles. The molecule has 1 saturated heterocycles. The van der Waals surface area contributed by atoms with E-state index in [1.54, 1.807) is 30.3 Å². The van der Waals surface area contributed by atoms with Crippen LogP contribution in [-0.2, 0) is 20.3 Å². The molecule has 0 atom stereocenters. The lowest BCUT2D eigenvalue weighted by molar-refractivity contribution is 0.122. The molecule has 2 heterocycles. The minimum atomic E-state index is -3.28. The lowest BCUT2D eigenvalue weighted by Crippen LogP contribution is -2.37. The summed E-state index contributed by atoms with van der Waals surface area (Å²) in [6.45, 7) is 2.45. The van der Waals surface area contributed by atoms with E-state index in [1.165, 1.54) is 30.5 Å². The normalized spacial score (nSPS) is 14.0. The number of amides is 2. The van der Waals surface area contributed by atoms with E-state index in [9.17, 15) is 17.6 Å². The molecule has 34 heavy (non-hydrogen) atoms. The molecular formula is C23H24FN5O4S. The molecule has 0 saturated carbocycles. The summed E-state index contributed by atoms with van der Waals surface area (Å²) in [5.74, 6) is 0.460. The predicted octanol–water partition coefficient (Wildman–Crippen LogP) is 3.31. The molecule has 0 spiro atoms. The fraction of sp³-hybridized carbons (Fsp3) is 0.261. The molecule has 0 bridgehead atoms. The van der Waals surface area contributed by atoms with Crippen molar-refractivity contribution in [1.82, 2.24) is 9.97 Å². The Balaban J connectivity index is 1.52. The molecule has 9 nitrogen and oxygen atoms in total. The van der Waals surface area contributed by atoms with Crippen LogP contribution in [0.25, 0.3) is 11.4 Å². The van der Waals surface area contributed by atoms with E-state index in [0.29, 0.717) is 60.6 Å². The van der Waals surface area contributed by atoms with Crippen molar-refractivity contribution in [2.75, 3.05) is 48.1 Å². The Bertz CT molecular complexity index is 1260. The van der Waals surface area contributed by atoms with Gasteiger partial charge in [-0.05, 0) is 48.5 Å². The van der Waals surface area contributed by atoms with Crippen LogP contribution in [0.4, 0.5) is 26.4 Å². The van der Waals surface area contributed by atoms with Crippen molar-refractivity contribution in [2.24, 2.45) is 0 Å². The van der Waals surface area contributed by atoms with Gasteiger partial charge in [0, 0.05) is 42.3 Å². The van der Waals surface area contributed by atoms with Gasteiger partial charge in [0.25, 0.3) is 0 Å². The summed E-state index contributed by atoms with van der Waals surface area (Å²) in [6.07, 6.45) is 1.17. The molecular weight excluding hydrogens is 461 g/mol. The number of hydrogen-bond donors (Lipinski definition) is 2. The number of ether oxygens (including phenoxy) is 1. The van der Waals surface area contributed by atoms with Crippen LogP contribution in [0.2, 0.25) is 0 Å². The summed E-state index contributed by atoms with van der Waals surface area (Å²) in [5.41, 5.74) is 2.08. The van der Waals surface area contributed by atoms with Gasteiger partial charge in [-0.15, -0.1) is 0 Å². The smallest absolute Gasteiger partial charge is 0.323 e. The van der Waals surface area contributed by atoms with Gasteiger partial charge in [0.05, 0.1) is 24.7 Å². The number of carbonyl (C=O) groups is 1. The van der Waals surface area contributed by atoms with Gasteiger partial charge in [-0.1, -0.05) is 0 Å². The van der Waals surface area contributed by atoms with E-state index in [4.69, 9.17) is 4.74 Å². The number of aromatic nitrogens is 2. The first kappa shape index (κ1) is 23.6. The van der Waals surface area contributed by atoms with E-state index in [2.05, 4.69) is 20.6 Å². The lowest BCUT2D eigenvalue weighted by Gasteiger charge is -2.28. The number of hydrogen-bond acceptors (Lipinski definition) is 7. The Morgan fingerprint density at radius 1 is 1.00 bits per heavy atom. The highest BCUT2D eigenvalue weighted by atomic mass is 32.2. The molecule has 0 unspecified atom stereocenters. The maximum Gasteiger partial charge on any atom is 0.323 e. The van der Waals surface area contributed by atoms with Crippen LogP contribution in [0.1, 0.15) is 5.69 Å². The molecule has 0 radical (unpaired) electrons. The first-order valence-electron chi connectivity index (χ1n) is 10.6. The average Bonchev–Trinajstić information content (AvgIpc) is 2.80. The minimum Gasteiger partial charge on any atom is -0.378 e. The third-order valence-corrected chi connectivity index (χ3v) is 5.83. The van der Waals surface area contributed by atoms with Crippen molar-refractivity contribution < 1.29 is 22.3 Å². The quantitative estimate of drug-likeness (QED) is 0.551. The number of benzene rings is 2. The zero-order chi connectivity index (χ0) is 24.1. The molecule has 1 aromatic heterocycles. The molecule has 0 aliphatic carbocycles. The monoisotopic (exact) mass is 485 g/mol. The molecule has 2 N–H and O–H groups in total. The van der Waals surface area contributed by atoms with Crippen molar-refractivity contribution >= 4 is 33.1 Å². The number of nitrogens with one attached hydrogen (secondary N) is 2. The number of morpholine rings is 1. The number of halogens is 1. The van der Waals surface area contributed by atoms with Gasteiger partial charge in [-0.3, -0.25) is 0 Å². The number of rotatable bonds is 6. The zero-order valence-corrected chi connectivity index (χ0v) is 19.3. The number of nitrogens with zero attached hydrogens (tertiary/aromatic N) is 3. The lowest BCUT2D eigenvalue weighted by atomic mass is 10.2. The molecule has 1 aliphatic rings. The zero-order valence-electron chi connectivity index (χ0n) is 18.5. The number of carbonyl (C=O) groups excluding carboxylic acids is 1. The fourth-order valence-corrected chi connectivity index (χ4v) is 4.12. The highest BCUT2D eigenvalue weighted by molar-refractivity contribution is 7.89. The summed E-state index contributed by atoms with van der Waals surface area (Å²) in [7, 11) is -3.28. The minimum absolute atomic E-state index is 0.191. The van der Waals surface area contributed by atoms with Crippen molar-refractivity contribution in [2.45, 2.75) is 5.75 Å². The van der Waals surface area contributed by atoms with Gasteiger partial charge in [0.15, 0.2) is 15.7 Å². The Labute approximate surface area is 196 Å². The molecule has 1 aliphatic heterocycles. The van der Waals surface area contributed by atoms with Crippen LogP contribution in [-0.4, -0.2) is 57.0 Å². The van der Waals surface area contributed by atoms with Crippen LogP contribution in [0.15, 0.2) is 54.6 Å². The standard InChI is InChI=1S/C23H24FN5O4S/c1-34(31,32)15-20-14-21(29-10-12-33-13-11-29)28-22(25-20)16-2-6-18(7-3-16)26-23(30)27-19-8-4-17(24)5-9-19/h2-9,14H,10-13,15H2,1H3,(H2,26,27,30). The van der Waals surface area contributed by atoms with Gasteiger partial charge in [-0.25, -0.2) is 27.6 Å². The van der Waals surface area contributed by atoms with Gasteiger partial charge in [0.1, 0.15) is 11.6 Å². The second-order valence-corrected chi connectivity index (χ2v) is 10.0. The Morgan fingerprint density at radius 3 is 2.18 bits per heavy atom. The fourth-order valence-electron chi connectivity index (χ4n) is 3.44. The van der Waals surface area contributed by atoms with Gasteiger partial charge in [0.2, 0.25) is 0 Å². The topological polar surface area (TPSA) is 114 Å². The van der Waals surface area contributed by atoms with E-state index < -0.39 is 15.9 Å². The Hall–Kier alpha value is -3.57. The number of sulfone groups is 1. The van der Waals surface area contributed by atoms with E-state index >= 15 is 0 Å². The van der Waals surface area contributed by atoms with Crippen LogP contribution in [0.3, 0.4) is 0 Å². The highest BCUT2D eigenvalue weighted by Gasteiger charge is 2.17. The van der Waals surface area contributed by atoms with Crippen molar-refractivity contribution in [3.8, 4) is 11.4 Å². The second kappa shape index (κ2) is 10.1. The van der Waals surface area contributed by atoms with Gasteiger partial charge < -0.3 is 20.3 Å². The highest BCUT2D eigenvalue weighted by Crippen LogP contribution is 2.23. The third-order valence-electron chi connectivity index (χ3n) is 5.01. The molecule has 3 aromatic rings. The average molecular weight is 486 g/mol. The molecule has 2 amide bonds. The molecule has 4 rings (SSSR count). The second-order valence-electron chi connectivity index (χ2n) is 7.87. The first-order chi connectivity index (χ1) is 16.2. The predicted molar refractivity (Wildman–Crippen MR) is 128 cm³/mol. The van der Waals surface area contributed by atoms with E-state index in [1.807, 2.05) is 4.90 Å². The number of anilines is 3. The molecule has 1 fully saturated rings. The van der Waals surface area contributed by atoms with Crippen molar-refractivity contribution in [3.05, 3.63) is 66.1 Å². The maximum atomic E-state index is 13.0. The van der Waals surface area contributed by atoms with Crippen molar-refractivity contribution in [1.29, 1.82) is 0 Å². The van der Waals surface area contributed by atoms with Crippen molar-refractivity contribution in [3.63, 3.8) is 0 Å². The van der Waals surface area contributed by atoms with Crippen LogP contribution in [0, 0.1) is 5.82 Å². The Morgan fingerprint density at radius 2 is 1.59 bits per heavy atom. The summed E-state index contributed by atoms with van der Waals surface area (Å²) in [6, 6.07) is 13.6. The van der Waals surface area contributed by atoms with Gasteiger partial charge in [-0.2, -0.15) is 0 Å². The summed E-state index contributed by atoms with van der Waals surface area (Å²) in [4.78, 5) is 23.3. The summed E-state index contributed by atoms with van der Waals surface area (Å²) in [5, 5.41) is 5.33. The maximum absolute atomic E-state index is 13.0. The van der Waals surface area contributed by atoms with Gasteiger partial charge >= 0.3 is 6.03 Å². The van der Waals surface area contributed by atoms with Crippen LogP contribution < -0.4 is 15.5 Å². The third kappa shape index (κ3) is 6.49. The largest absolute Gasteiger partial charge is 0.378 e. The Kier molecular flexibility index (Phi) is 7.03. The SMILES string of the molecule is CS(=O)(=O)Cc1cc(N2CCOCC2)nc(-c2ccc(NC(=O)Nc3ccc(F)cc3)cc2)n1. The number of urea groups is 1. The molecule has 11 heteroatoms. The van der Waals surface area contributed by atoms with Crippen LogP contribution >= 0.6 is 0 Å². The van der Waals surface area contributed by atoms with E-state index in [0.717, 1.165) is 0 Å². The van der Waals surface area contributed by atoms with E-state index in [-0.39, 0.29) is 11.6 Å². The molecule has 178 valence electrons.